The van der Waals surface area contributed by atoms with E-state index in [0.717, 1.165) is 11.4 Å². The molecule has 1 aromatic carbocycles. The molecule has 0 radical (unpaired) electrons. The van der Waals surface area contributed by atoms with Crippen LogP contribution in [0.5, 0.6) is 0 Å². The number of nitrogens with one attached hydrogen (secondary N) is 2. The van der Waals surface area contributed by atoms with Gasteiger partial charge in [0.15, 0.2) is 11.0 Å². The highest BCUT2D eigenvalue weighted by atomic mass is 32.2. The molecule has 2 aromatic heterocycles. The number of nitrogens with zero attached hydrogens (tertiary/aromatic N) is 4. The molecule has 0 atom stereocenters. The molecule has 2 heterocycles. The molecule has 0 fully saturated rings. The molecule has 0 saturated heterocycles. The lowest BCUT2D eigenvalue weighted by molar-refractivity contribution is -0.116. The third-order valence-corrected chi connectivity index (χ3v) is 5.02. The lowest BCUT2D eigenvalue weighted by atomic mass is 10.2. The number of carbonyl (C=O) groups is 2. The van der Waals surface area contributed by atoms with Crippen LogP contribution in [0.3, 0.4) is 0 Å². The van der Waals surface area contributed by atoms with Gasteiger partial charge in [0.1, 0.15) is 0 Å². The van der Waals surface area contributed by atoms with Gasteiger partial charge in [-0.1, -0.05) is 24.8 Å². The smallest absolute Gasteiger partial charge is 0.234 e. The zero-order valence-corrected chi connectivity index (χ0v) is 17.1. The first-order valence-electron chi connectivity index (χ1n) is 9.26. The van der Waals surface area contributed by atoms with Crippen LogP contribution in [0.1, 0.15) is 20.3 Å². The Morgan fingerprint density at radius 3 is 2.34 bits per heavy atom. The molecule has 0 bridgehead atoms. The number of hydrogen-bond donors (Lipinski definition) is 2. The van der Waals surface area contributed by atoms with Gasteiger partial charge in [-0.3, -0.25) is 14.6 Å². The van der Waals surface area contributed by atoms with Crippen LogP contribution in [0, 0.1) is 0 Å². The minimum Gasteiger partial charge on any atom is -0.326 e. The Hall–Kier alpha value is -3.20. The lowest BCUT2D eigenvalue weighted by Crippen LogP contribution is -2.15. The zero-order chi connectivity index (χ0) is 20.6. The van der Waals surface area contributed by atoms with Gasteiger partial charge in [-0.25, -0.2) is 0 Å². The van der Waals surface area contributed by atoms with Gasteiger partial charge in [0.05, 0.1) is 5.75 Å². The van der Waals surface area contributed by atoms with Gasteiger partial charge >= 0.3 is 0 Å². The normalized spacial score (nSPS) is 10.6. The van der Waals surface area contributed by atoms with E-state index >= 15 is 0 Å². The van der Waals surface area contributed by atoms with Crippen molar-refractivity contribution in [2.45, 2.75) is 32.0 Å². The summed E-state index contributed by atoms with van der Waals surface area (Å²) in [5.41, 5.74) is 2.20. The van der Waals surface area contributed by atoms with Crippen LogP contribution in [-0.2, 0) is 16.1 Å². The van der Waals surface area contributed by atoms with Gasteiger partial charge in [0.2, 0.25) is 11.8 Å². The monoisotopic (exact) mass is 410 g/mol. The van der Waals surface area contributed by atoms with Crippen LogP contribution in [0.2, 0.25) is 0 Å². The number of carbonyl (C=O) groups excluding carboxylic acids is 2. The van der Waals surface area contributed by atoms with E-state index in [-0.39, 0.29) is 17.6 Å². The van der Waals surface area contributed by atoms with E-state index in [1.807, 2.05) is 23.6 Å². The van der Waals surface area contributed by atoms with Crippen molar-refractivity contribution < 1.29 is 9.59 Å². The van der Waals surface area contributed by atoms with Gasteiger partial charge in [0, 0.05) is 42.3 Å². The summed E-state index contributed by atoms with van der Waals surface area (Å²) < 4.78 is 1.97. The highest BCUT2D eigenvalue weighted by molar-refractivity contribution is 7.99. The molecule has 0 aliphatic carbocycles. The molecule has 0 unspecified atom stereocenters. The van der Waals surface area contributed by atoms with Crippen molar-refractivity contribution in [2.75, 3.05) is 16.4 Å². The van der Waals surface area contributed by atoms with Crippen molar-refractivity contribution in [3.05, 3.63) is 48.8 Å². The summed E-state index contributed by atoms with van der Waals surface area (Å²) >= 11 is 1.32. The molecule has 8 nitrogen and oxygen atoms in total. The SMILES string of the molecule is CCC(=O)Nc1cccc(NC(=O)CSc2nnc(-c3ccncc3)n2CC)c1. The number of hydrogen-bond acceptors (Lipinski definition) is 6. The Morgan fingerprint density at radius 1 is 1.00 bits per heavy atom. The number of benzene rings is 1. The molecule has 2 amide bonds. The summed E-state index contributed by atoms with van der Waals surface area (Å²) in [6, 6.07) is 10.8. The third kappa shape index (κ3) is 5.41. The van der Waals surface area contributed by atoms with Crippen molar-refractivity contribution >= 4 is 35.0 Å². The van der Waals surface area contributed by atoms with E-state index in [2.05, 4.69) is 25.8 Å². The number of anilines is 2. The number of thioether (sulfide) groups is 1. The summed E-state index contributed by atoms with van der Waals surface area (Å²) in [5, 5.41) is 14.8. The maximum Gasteiger partial charge on any atom is 0.234 e. The van der Waals surface area contributed by atoms with Crippen LogP contribution in [0.15, 0.2) is 53.9 Å². The molecular weight excluding hydrogens is 388 g/mol. The number of amides is 2. The molecule has 0 aliphatic heterocycles. The van der Waals surface area contributed by atoms with E-state index in [4.69, 9.17) is 0 Å². The van der Waals surface area contributed by atoms with Gasteiger partial charge < -0.3 is 15.2 Å². The Bertz CT molecular complexity index is 990. The van der Waals surface area contributed by atoms with Crippen LogP contribution >= 0.6 is 11.8 Å². The summed E-state index contributed by atoms with van der Waals surface area (Å²) in [7, 11) is 0. The molecule has 0 spiro atoms. The topological polar surface area (TPSA) is 102 Å². The van der Waals surface area contributed by atoms with E-state index in [0.29, 0.717) is 29.5 Å². The fraction of sp³-hybridized carbons (Fsp3) is 0.250. The average Bonchev–Trinajstić information content (AvgIpc) is 3.16. The summed E-state index contributed by atoms with van der Waals surface area (Å²) in [5.74, 6) is 0.704. The van der Waals surface area contributed by atoms with Crippen LogP contribution < -0.4 is 10.6 Å². The van der Waals surface area contributed by atoms with E-state index in [1.165, 1.54) is 11.8 Å². The first-order chi connectivity index (χ1) is 14.1. The Morgan fingerprint density at radius 2 is 1.69 bits per heavy atom. The Labute approximate surface area is 173 Å². The maximum absolute atomic E-state index is 12.4. The molecule has 0 saturated carbocycles. The molecule has 150 valence electrons. The summed E-state index contributed by atoms with van der Waals surface area (Å²) in [6.45, 7) is 4.48. The molecule has 0 aliphatic rings. The highest BCUT2D eigenvalue weighted by Gasteiger charge is 2.14. The largest absolute Gasteiger partial charge is 0.326 e. The van der Waals surface area contributed by atoms with Crippen LogP contribution in [-0.4, -0.2) is 37.3 Å². The third-order valence-electron chi connectivity index (χ3n) is 4.06. The van der Waals surface area contributed by atoms with Crippen molar-refractivity contribution in [2.24, 2.45) is 0 Å². The number of pyridine rings is 1. The van der Waals surface area contributed by atoms with Gasteiger partial charge in [-0.05, 0) is 37.3 Å². The number of rotatable bonds is 8. The van der Waals surface area contributed by atoms with E-state index < -0.39 is 0 Å². The first-order valence-corrected chi connectivity index (χ1v) is 10.3. The fourth-order valence-electron chi connectivity index (χ4n) is 2.65. The second kappa shape index (κ2) is 9.83. The maximum atomic E-state index is 12.4. The Kier molecular flexibility index (Phi) is 6.96. The summed E-state index contributed by atoms with van der Waals surface area (Å²) in [4.78, 5) is 27.9. The molecular formula is C20H22N6O2S. The van der Waals surface area contributed by atoms with E-state index in [9.17, 15) is 9.59 Å². The Balaban J connectivity index is 1.62. The van der Waals surface area contributed by atoms with Gasteiger partial charge in [-0.15, -0.1) is 10.2 Å². The van der Waals surface area contributed by atoms with Crippen LogP contribution in [0.4, 0.5) is 11.4 Å². The van der Waals surface area contributed by atoms with Gasteiger partial charge in [-0.2, -0.15) is 0 Å². The predicted molar refractivity (Wildman–Crippen MR) is 114 cm³/mol. The first kappa shape index (κ1) is 20.5. The van der Waals surface area contributed by atoms with Crippen molar-refractivity contribution in [3.63, 3.8) is 0 Å². The predicted octanol–water partition coefficient (Wildman–Crippen LogP) is 3.44. The standard InChI is InChI=1S/C20H22N6O2S/c1-3-17(27)22-15-6-5-7-16(12-15)23-18(28)13-29-20-25-24-19(26(20)4-2)14-8-10-21-11-9-14/h5-12H,3-4,13H2,1-2H3,(H,22,27)(H,23,28). The average molecular weight is 411 g/mol. The van der Waals surface area contributed by atoms with Crippen molar-refractivity contribution in [1.82, 2.24) is 19.7 Å². The second-order valence-corrected chi connectivity index (χ2v) is 7.05. The van der Waals surface area contributed by atoms with Crippen molar-refractivity contribution in [3.8, 4) is 11.4 Å². The molecule has 9 heteroatoms. The lowest BCUT2D eigenvalue weighted by Gasteiger charge is -2.09. The molecule has 3 rings (SSSR count). The molecule has 29 heavy (non-hydrogen) atoms. The van der Waals surface area contributed by atoms with Gasteiger partial charge in [0.25, 0.3) is 0 Å². The molecule has 3 aromatic rings. The quantitative estimate of drug-likeness (QED) is 0.552. The molecule has 2 N–H and O–H groups in total. The minimum absolute atomic E-state index is 0.0760. The number of aromatic nitrogens is 4. The second-order valence-electron chi connectivity index (χ2n) is 6.11. The minimum atomic E-state index is -0.162. The highest BCUT2D eigenvalue weighted by Crippen LogP contribution is 2.24. The van der Waals surface area contributed by atoms with E-state index in [1.54, 1.807) is 43.6 Å². The zero-order valence-electron chi connectivity index (χ0n) is 16.3. The van der Waals surface area contributed by atoms with Crippen molar-refractivity contribution in [1.29, 1.82) is 0 Å². The summed E-state index contributed by atoms with van der Waals surface area (Å²) in [6.07, 6.45) is 3.81. The van der Waals surface area contributed by atoms with Crippen LogP contribution in [0.25, 0.3) is 11.4 Å². The fourth-order valence-corrected chi connectivity index (χ4v) is 3.45.